The Morgan fingerprint density at radius 1 is 1.14 bits per heavy atom. The second-order valence-electron chi connectivity index (χ2n) is 4.61. The number of nitrogens with zero attached hydrogens (tertiary/aromatic N) is 3. The number of aromatic amines is 2. The molecule has 0 aliphatic carbocycles. The number of halogens is 1. The van der Waals surface area contributed by atoms with Crippen LogP contribution < -0.4 is 5.32 Å². The Hall–Kier alpha value is -2.19. The van der Waals surface area contributed by atoms with E-state index in [0.717, 1.165) is 34.1 Å². The van der Waals surface area contributed by atoms with E-state index in [4.69, 9.17) is 0 Å². The van der Waals surface area contributed by atoms with Crippen molar-refractivity contribution in [2.24, 2.45) is 0 Å². The molecule has 8 heteroatoms. The van der Waals surface area contributed by atoms with Crippen LogP contribution in [0.2, 0.25) is 0 Å². The number of nitrogens with one attached hydrogen (secondary N) is 3. The Labute approximate surface area is 130 Å². The molecule has 0 radical (unpaired) electrons. The largest absolute Gasteiger partial charge is 0.312 e. The first-order valence-electron chi connectivity index (χ1n) is 6.80. The van der Waals surface area contributed by atoms with Gasteiger partial charge in [0, 0.05) is 30.0 Å². The van der Waals surface area contributed by atoms with Crippen LogP contribution in [0.15, 0.2) is 41.7 Å². The first-order valence-corrected chi connectivity index (χ1v) is 7.79. The standard InChI is InChI=1S/C14H15FN6S/c15-12-3-1-10(2-4-12)14-11(8-17-20-14)7-16-5-6-22-13-9-18-21-19-13/h1-4,8-9,16H,5-7H2,(H,17,20)(H,18,19,21). The topological polar surface area (TPSA) is 82.3 Å². The van der Waals surface area contributed by atoms with E-state index in [1.54, 1.807) is 36.3 Å². The Bertz CT molecular complexity index is 694. The first-order chi connectivity index (χ1) is 10.8. The minimum Gasteiger partial charge on any atom is -0.312 e. The SMILES string of the molecule is Fc1ccc(-c2[nH]ncc2CNCCSc2cn[nH]n2)cc1. The Morgan fingerprint density at radius 2 is 2.00 bits per heavy atom. The molecule has 1 aromatic carbocycles. The lowest BCUT2D eigenvalue weighted by molar-refractivity contribution is 0.628. The van der Waals surface area contributed by atoms with Crippen LogP contribution in [0.1, 0.15) is 5.56 Å². The van der Waals surface area contributed by atoms with Crippen LogP contribution in [0.5, 0.6) is 0 Å². The van der Waals surface area contributed by atoms with Crippen molar-refractivity contribution in [1.29, 1.82) is 0 Å². The van der Waals surface area contributed by atoms with Crippen LogP contribution in [0.3, 0.4) is 0 Å². The molecule has 22 heavy (non-hydrogen) atoms. The minimum atomic E-state index is -0.243. The Kier molecular flexibility index (Phi) is 4.81. The summed E-state index contributed by atoms with van der Waals surface area (Å²) >= 11 is 1.63. The fourth-order valence-corrected chi connectivity index (χ4v) is 2.71. The second-order valence-corrected chi connectivity index (χ2v) is 5.73. The number of benzene rings is 1. The molecule has 0 spiro atoms. The highest BCUT2D eigenvalue weighted by Gasteiger charge is 2.07. The molecule has 0 saturated heterocycles. The van der Waals surface area contributed by atoms with Crippen molar-refractivity contribution in [3.05, 3.63) is 48.0 Å². The normalized spacial score (nSPS) is 11.0. The van der Waals surface area contributed by atoms with Crippen LogP contribution in [-0.2, 0) is 6.54 Å². The second kappa shape index (κ2) is 7.19. The quantitative estimate of drug-likeness (QED) is 0.460. The molecule has 3 aromatic rings. The molecule has 0 fully saturated rings. The lowest BCUT2D eigenvalue weighted by Crippen LogP contribution is -2.16. The number of hydrogen-bond donors (Lipinski definition) is 3. The van der Waals surface area contributed by atoms with Gasteiger partial charge in [0.15, 0.2) is 0 Å². The minimum absolute atomic E-state index is 0.243. The average molecular weight is 318 g/mol. The van der Waals surface area contributed by atoms with Gasteiger partial charge < -0.3 is 5.32 Å². The third kappa shape index (κ3) is 3.71. The third-order valence-electron chi connectivity index (χ3n) is 3.09. The molecule has 0 unspecified atom stereocenters. The Morgan fingerprint density at radius 3 is 2.77 bits per heavy atom. The number of hydrogen-bond acceptors (Lipinski definition) is 5. The van der Waals surface area contributed by atoms with E-state index in [9.17, 15) is 4.39 Å². The predicted octanol–water partition coefficient (Wildman–Crippen LogP) is 2.22. The Balaban J connectivity index is 1.51. The fraction of sp³-hybridized carbons (Fsp3) is 0.214. The average Bonchev–Trinajstić information content (AvgIpc) is 3.19. The first kappa shape index (κ1) is 14.7. The highest BCUT2D eigenvalue weighted by atomic mass is 32.2. The molecule has 6 nitrogen and oxygen atoms in total. The van der Waals surface area contributed by atoms with Crippen molar-refractivity contribution >= 4 is 11.8 Å². The van der Waals surface area contributed by atoms with E-state index >= 15 is 0 Å². The predicted molar refractivity (Wildman–Crippen MR) is 82.8 cm³/mol. The van der Waals surface area contributed by atoms with E-state index in [0.29, 0.717) is 6.54 Å². The third-order valence-corrected chi connectivity index (χ3v) is 3.99. The molecule has 2 aromatic heterocycles. The summed E-state index contributed by atoms with van der Waals surface area (Å²) < 4.78 is 13.0. The maximum atomic E-state index is 13.0. The van der Waals surface area contributed by atoms with Gasteiger partial charge in [0.05, 0.1) is 18.1 Å². The zero-order chi connectivity index (χ0) is 15.2. The molecule has 0 aliphatic heterocycles. The van der Waals surface area contributed by atoms with Crippen molar-refractivity contribution in [3.63, 3.8) is 0 Å². The molecule has 3 N–H and O–H groups in total. The van der Waals surface area contributed by atoms with Crippen molar-refractivity contribution in [3.8, 4) is 11.3 Å². The van der Waals surface area contributed by atoms with Crippen molar-refractivity contribution in [2.75, 3.05) is 12.3 Å². The van der Waals surface area contributed by atoms with Gasteiger partial charge >= 0.3 is 0 Å². The summed E-state index contributed by atoms with van der Waals surface area (Å²) in [6.07, 6.45) is 3.49. The van der Waals surface area contributed by atoms with Gasteiger partial charge in [0.2, 0.25) is 0 Å². The van der Waals surface area contributed by atoms with E-state index in [1.165, 1.54) is 12.1 Å². The van der Waals surface area contributed by atoms with E-state index in [2.05, 4.69) is 30.9 Å². The van der Waals surface area contributed by atoms with Crippen LogP contribution in [0.25, 0.3) is 11.3 Å². The summed E-state index contributed by atoms with van der Waals surface area (Å²) in [6, 6.07) is 6.38. The summed E-state index contributed by atoms with van der Waals surface area (Å²) in [5.41, 5.74) is 2.89. The molecular weight excluding hydrogens is 303 g/mol. The van der Waals surface area contributed by atoms with Gasteiger partial charge in [-0.15, -0.1) is 16.9 Å². The molecule has 0 bridgehead atoms. The summed E-state index contributed by atoms with van der Waals surface area (Å²) in [4.78, 5) is 0. The van der Waals surface area contributed by atoms with Crippen LogP contribution >= 0.6 is 11.8 Å². The van der Waals surface area contributed by atoms with E-state index in [1.807, 2.05) is 0 Å². The zero-order valence-corrected chi connectivity index (χ0v) is 12.5. The molecule has 0 saturated carbocycles. The van der Waals surface area contributed by atoms with E-state index in [-0.39, 0.29) is 5.82 Å². The van der Waals surface area contributed by atoms with Gasteiger partial charge in [0.25, 0.3) is 0 Å². The fourth-order valence-electron chi connectivity index (χ4n) is 2.02. The molecule has 0 aliphatic rings. The lowest BCUT2D eigenvalue weighted by atomic mass is 10.1. The number of thioether (sulfide) groups is 1. The summed E-state index contributed by atoms with van der Waals surface area (Å²) in [7, 11) is 0. The summed E-state index contributed by atoms with van der Waals surface area (Å²) in [5, 5.41) is 21.6. The smallest absolute Gasteiger partial charge is 0.138 e. The highest BCUT2D eigenvalue weighted by Crippen LogP contribution is 2.21. The summed E-state index contributed by atoms with van der Waals surface area (Å²) in [5.74, 6) is 0.656. The van der Waals surface area contributed by atoms with Crippen molar-refractivity contribution < 1.29 is 4.39 Å². The number of rotatable bonds is 7. The molecule has 0 atom stereocenters. The van der Waals surface area contributed by atoms with Gasteiger partial charge in [-0.25, -0.2) is 4.39 Å². The highest BCUT2D eigenvalue weighted by molar-refractivity contribution is 7.99. The zero-order valence-electron chi connectivity index (χ0n) is 11.7. The van der Waals surface area contributed by atoms with E-state index < -0.39 is 0 Å². The molecule has 2 heterocycles. The number of H-pyrrole nitrogens is 2. The van der Waals surface area contributed by atoms with Gasteiger partial charge in [-0.3, -0.25) is 5.10 Å². The molecular formula is C14H15FN6S. The van der Waals surface area contributed by atoms with Crippen molar-refractivity contribution in [2.45, 2.75) is 11.6 Å². The van der Waals surface area contributed by atoms with Crippen LogP contribution in [-0.4, -0.2) is 37.9 Å². The van der Waals surface area contributed by atoms with Crippen LogP contribution in [0.4, 0.5) is 4.39 Å². The van der Waals surface area contributed by atoms with Gasteiger partial charge in [0.1, 0.15) is 10.8 Å². The monoisotopic (exact) mass is 318 g/mol. The maximum absolute atomic E-state index is 13.0. The number of aromatic nitrogens is 5. The molecule has 3 rings (SSSR count). The summed E-state index contributed by atoms with van der Waals surface area (Å²) in [6.45, 7) is 1.54. The van der Waals surface area contributed by atoms with Crippen LogP contribution in [0, 0.1) is 5.82 Å². The van der Waals surface area contributed by atoms with Gasteiger partial charge in [-0.2, -0.15) is 15.4 Å². The molecule has 0 amide bonds. The maximum Gasteiger partial charge on any atom is 0.138 e. The van der Waals surface area contributed by atoms with Crippen molar-refractivity contribution in [1.82, 2.24) is 30.9 Å². The van der Waals surface area contributed by atoms with Gasteiger partial charge in [-0.05, 0) is 24.3 Å². The lowest BCUT2D eigenvalue weighted by Gasteiger charge is -2.05. The molecule has 114 valence electrons. The van der Waals surface area contributed by atoms with Gasteiger partial charge in [-0.1, -0.05) is 0 Å².